The van der Waals surface area contributed by atoms with Crippen molar-refractivity contribution in [1.29, 1.82) is 0 Å². The van der Waals surface area contributed by atoms with Gasteiger partial charge in [0.25, 0.3) is 0 Å². The smallest absolute Gasteiger partial charge is 0.248 e. The maximum atomic E-state index is 11.9. The molecule has 0 atom stereocenters. The van der Waals surface area contributed by atoms with Gasteiger partial charge in [0.05, 0.1) is 0 Å². The van der Waals surface area contributed by atoms with Crippen LogP contribution < -0.4 is 5.32 Å². The van der Waals surface area contributed by atoms with Crippen molar-refractivity contribution >= 4 is 18.3 Å². The lowest BCUT2D eigenvalue weighted by Gasteiger charge is -2.32. The Morgan fingerprint density at radius 1 is 1.32 bits per heavy atom. The molecule has 5 heteroatoms. The third kappa shape index (κ3) is 7.75. The molecule has 0 spiro atoms. The molecule has 1 rings (SSSR count). The van der Waals surface area contributed by atoms with E-state index in [4.69, 9.17) is 4.74 Å². The van der Waals surface area contributed by atoms with Crippen molar-refractivity contribution in [3.8, 4) is 0 Å². The zero-order valence-electron chi connectivity index (χ0n) is 12.3. The Bertz CT molecular complexity index is 231. The molecule has 0 saturated carbocycles. The lowest BCUT2D eigenvalue weighted by molar-refractivity contribution is -0.137. The lowest BCUT2D eigenvalue weighted by atomic mass is 9.97. The van der Waals surface area contributed by atoms with Crippen LogP contribution in [-0.4, -0.2) is 50.2 Å². The summed E-state index contributed by atoms with van der Waals surface area (Å²) < 4.78 is 5.38. The van der Waals surface area contributed by atoms with Crippen LogP contribution in [0.2, 0.25) is 0 Å². The Hall–Kier alpha value is -0.320. The first-order valence-corrected chi connectivity index (χ1v) is 7.34. The van der Waals surface area contributed by atoms with E-state index in [9.17, 15) is 4.79 Å². The summed E-state index contributed by atoms with van der Waals surface area (Å²) in [6.45, 7) is 9.14. The van der Waals surface area contributed by atoms with E-state index >= 15 is 0 Å². The van der Waals surface area contributed by atoms with E-state index in [2.05, 4.69) is 19.2 Å². The number of nitrogens with zero attached hydrogens (tertiary/aromatic N) is 1. The van der Waals surface area contributed by atoms with Crippen LogP contribution >= 0.6 is 12.4 Å². The molecular formula is C14H29ClN2O2. The minimum Gasteiger partial charge on any atom is -0.372 e. The van der Waals surface area contributed by atoms with Gasteiger partial charge in [0.1, 0.15) is 6.61 Å². The monoisotopic (exact) mass is 292 g/mol. The summed E-state index contributed by atoms with van der Waals surface area (Å²) in [4.78, 5) is 13.8. The minimum absolute atomic E-state index is 0. The molecule has 114 valence electrons. The number of nitrogens with one attached hydrogen (secondary N) is 1. The maximum Gasteiger partial charge on any atom is 0.248 e. The largest absolute Gasteiger partial charge is 0.372 e. The van der Waals surface area contributed by atoms with Crippen molar-refractivity contribution < 1.29 is 9.53 Å². The van der Waals surface area contributed by atoms with Gasteiger partial charge < -0.3 is 15.0 Å². The van der Waals surface area contributed by atoms with Crippen LogP contribution in [0, 0.1) is 5.92 Å². The van der Waals surface area contributed by atoms with Gasteiger partial charge in [-0.2, -0.15) is 0 Å². The van der Waals surface area contributed by atoms with Crippen LogP contribution in [0.15, 0.2) is 0 Å². The number of rotatable bonds is 8. The molecule has 1 aliphatic heterocycles. The average Bonchev–Trinajstić information content (AvgIpc) is 2.41. The summed E-state index contributed by atoms with van der Waals surface area (Å²) in [6, 6.07) is 0. The third-order valence-electron chi connectivity index (χ3n) is 3.52. The number of hydrogen-bond donors (Lipinski definition) is 1. The predicted molar refractivity (Wildman–Crippen MR) is 80.8 cm³/mol. The summed E-state index contributed by atoms with van der Waals surface area (Å²) >= 11 is 0. The van der Waals surface area contributed by atoms with E-state index in [-0.39, 0.29) is 24.9 Å². The first-order chi connectivity index (χ1) is 8.77. The molecule has 4 nitrogen and oxygen atoms in total. The zero-order valence-corrected chi connectivity index (χ0v) is 13.1. The number of likely N-dealkylation sites (tertiary alicyclic amines) is 1. The molecule has 0 aromatic rings. The molecule has 0 radical (unpaired) electrons. The second-order valence-corrected chi connectivity index (χ2v) is 5.04. The summed E-state index contributed by atoms with van der Waals surface area (Å²) in [5.74, 6) is 0.892. The van der Waals surface area contributed by atoms with Gasteiger partial charge in [0, 0.05) is 19.7 Å². The number of carbonyl (C=O) groups excluding carboxylic acids is 1. The molecule has 1 saturated heterocycles. The van der Waals surface area contributed by atoms with E-state index in [1.54, 1.807) is 0 Å². The predicted octanol–water partition coefficient (Wildman–Crippen LogP) is 2.07. The standard InChI is InChI=1S/C14H28N2O2.ClH/c1-3-5-10-18-12-14(17)16-8-6-13(7-9-16)11-15-4-2;/h13,15H,3-12H2,1-2H3;1H. The molecule has 1 N–H and O–H groups in total. The highest BCUT2D eigenvalue weighted by atomic mass is 35.5. The molecule has 1 aliphatic rings. The fraction of sp³-hybridized carbons (Fsp3) is 0.929. The van der Waals surface area contributed by atoms with E-state index in [1.807, 2.05) is 4.90 Å². The van der Waals surface area contributed by atoms with Gasteiger partial charge >= 0.3 is 0 Å². The molecular weight excluding hydrogens is 264 g/mol. The van der Waals surface area contributed by atoms with Gasteiger partial charge in [-0.25, -0.2) is 0 Å². The maximum absolute atomic E-state index is 11.9. The third-order valence-corrected chi connectivity index (χ3v) is 3.52. The Labute approximate surface area is 123 Å². The Morgan fingerprint density at radius 3 is 2.58 bits per heavy atom. The second kappa shape index (κ2) is 11.5. The number of amides is 1. The van der Waals surface area contributed by atoms with Crippen molar-refractivity contribution in [2.24, 2.45) is 5.92 Å². The van der Waals surface area contributed by atoms with E-state index in [0.29, 0.717) is 6.61 Å². The number of piperidine rings is 1. The normalized spacial score (nSPS) is 16.2. The zero-order chi connectivity index (χ0) is 13.2. The summed E-state index contributed by atoms with van der Waals surface area (Å²) in [5, 5.41) is 3.38. The van der Waals surface area contributed by atoms with E-state index < -0.39 is 0 Å². The summed E-state index contributed by atoms with van der Waals surface area (Å²) in [7, 11) is 0. The Kier molecular flexibility index (Phi) is 11.3. The Balaban J connectivity index is 0.00000324. The molecule has 1 fully saturated rings. The highest BCUT2D eigenvalue weighted by Gasteiger charge is 2.22. The molecule has 19 heavy (non-hydrogen) atoms. The van der Waals surface area contributed by atoms with Crippen LogP contribution in [-0.2, 0) is 9.53 Å². The van der Waals surface area contributed by atoms with Crippen LogP contribution in [0.3, 0.4) is 0 Å². The van der Waals surface area contributed by atoms with Gasteiger partial charge in [-0.15, -0.1) is 12.4 Å². The van der Waals surface area contributed by atoms with Crippen LogP contribution in [0.5, 0.6) is 0 Å². The molecule has 0 bridgehead atoms. The van der Waals surface area contributed by atoms with Crippen molar-refractivity contribution in [2.75, 3.05) is 39.4 Å². The van der Waals surface area contributed by atoms with Gasteiger partial charge in [-0.3, -0.25) is 4.79 Å². The molecule has 1 amide bonds. The van der Waals surface area contributed by atoms with E-state index in [1.165, 1.54) is 0 Å². The first-order valence-electron chi connectivity index (χ1n) is 7.34. The topological polar surface area (TPSA) is 41.6 Å². The molecule has 0 unspecified atom stereocenters. The summed E-state index contributed by atoms with van der Waals surface area (Å²) in [5.41, 5.74) is 0. The second-order valence-electron chi connectivity index (χ2n) is 5.04. The highest BCUT2D eigenvalue weighted by molar-refractivity contribution is 5.85. The number of carbonyl (C=O) groups is 1. The SMILES string of the molecule is CCCCOCC(=O)N1CCC(CNCC)CC1.Cl. The van der Waals surface area contributed by atoms with Crippen molar-refractivity contribution in [3.05, 3.63) is 0 Å². The molecule has 0 aromatic heterocycles. The van der Waals surface area contributed by atoms with E-state index in [0.717, 1.165) is 57.8 Å². The molecule has 0 aliphatic carbocycles. The quantitative estimate of drug-likeness (QED) is 0.697. The van der Waals surface area contributed by atoms with Gasteiger partial charge in [0.15, 0.2) is 0 Å². The Morgan fingerprint density at radius 2 is 2.00 bits per heavy atom. The number of halogens is 1. The van der Waals surface area contributed by atoms with Crippen LogP contribution in [0.4, 0.5) is 0 Å². The fourth-order valence-corrected chi connectivity index (χ4v) is 2.23. The fourth-order valence-electron chi connectivity index (χ4n) is 2.23. The van der Waals surface area contributed by atoms with Gasteiger partial charge in [-0.1, -0.05) is 20.3 Å². The minimum atomic E-state index is 0. The highest BCUT2D eigenvalue weighted by Crippen LogP contribution is 2.16. The first kappa shape index (κ1) is 18.7. The van der Waals surface area contributed by atoms with Crippen LogP contribution in [0.1, 0.15) is 39.5 Å². The molecule has 1 heterocycles. The van der Waals surface area contributed by atoms with Crippen molar-refractivity contribution in [3.63, 3.8) is 0 Å². The van der Waals surface area contributed by atoms with Crippen molar-refractivity contribution in [1.82, 2.24) is 10.2 Å². The average molecular weight is 293 g/mol. The van der Waals surface area contributed by atoms with Crippen LogP contribution in [0.25, 0.3) is 0 Å². The number of unbranched alkanes of at least 4 members (excludes halogenated alkanes) is 1. The lowest BCUT2D eigenvalue weighted by Crippen LogP contribution is -2.42. The van der Waals surface area contributed by atoms with Crippen molar-refractivity contribution in [2.45, 2.75) is 39.5 Å². The summed E-state index contributed by atoms with van der Waals surface area (Å²) in [6.07, 6.45) is 4.39. The van der Waals surface area contributed by atoms with Gasteiger partial charge in [0.2, 0.25) is 5.91 Å². The number of ether oxygens (including phenoxy) is 1. The van der Waals surface area contributed by atoms with Gasteiger partial charge in [-0.05, 0) is 38.3 Å². The molecule has 0 aromatic carbocycles. The number of hydrogen-bond acceptors (Lipinski definition) is 3.